The standard InChI is InChI=1S/C14H19N5O/c1-3-11-6-13(18(2)17-11)14(20)16-12-7-15-19(9-12)8-10-4-5-10/h6-7,9-10H,3-5,8H2,1-2H3,(H,16,20). The van der Waals surface area contributed by atoms with Crippen molar-refractivity contribution in [3.63, 3.8) is 0 Å². The van der Waals surface area contributed by atoms with Crippen LogP contribution in [0.2, 0.25) is 0 Å². The number of hydrogen-bond acceptors (Lipinski definition) is 3. The predicted octanol–water partition coefficient (Wildman–Crippen LogP) is 1.84. The summed E-state index contributed by atoms with van der Waals surface area (Å²) in [5.41, 5.74) is 2.22. The molecule has 0 radical (unpaired) electrons. The molecule has 106 valence electrons. The third-order valence-corrected chi connectivity index (χ3v) is 3.56. The summed E-state index contributed by atoms with van der Waals surface area (Å²) in [6, 6.07) is 1.82. The van der Waals surface area contributed by atoms with E-state index in [0.717, 1.165) is 30.3 Å². The third kappa shape index (κ3) is 2.74. The smallest absolute Gasteiger partial charge is 0.274 e. The van der Waals surface area contributed by atoms with Crippen LogP contribution in [0.15, 0.2) is 18.5 Å². The summed E-state index contributed by atoms with van der Waals surface area (Å²) >= 11 is 0. The molecule has 1 amide bonds. The van der Waals surface area contributed by atoms with Gasteiger partial charge in [0.1, 0.15) is 5.69 Å². The van der Waals surface area contributed by atoms with Crippen molar-refractivity contribution in [3.05, 3.63) is 29.8 Å². The van der Waals surface area contributed by atoms with Gasteiger partial charge in [-0.25, -0.2) is 0 Å². The van der Waals surface area contributed by atoms with Crippen molar-refractivity contribution in [1.29, 1.82) is 0 Å². The van der Waals surface area contributed by atoms with Crippen LogP contribution in [0.25, 0.3) is 0 Å². The monoisotopic (exact) mass is 273 g/mol. The van der Waals surface area contributed by atoms with Crippen molar-refractivity contribution in [2.24, 2.45) is 13.0 Å². The van der Waals surface area contributed by atoms with Gasteiger partial charge in [-0.05, 0) is 31.2 Å². The number of hydrogen-bond donors (Lipinski definition) is 1. The maximum Gasteiger partial charge on any atom is 0.274 e. The fourth-order valence-corrected chi connectivity index (χ4v) is 2.20. The molecular weight excluding hydrogens is 254 g/mol. The Morgan fingerprint density at radius 1 is 1.50 bits per heavy atom. The van der Waals surface area contributed by atoms with Crippen molar-refractivity contribution >= 4 is 11.6 Å². The molecule has 2 heterocycles. The summed E-state index contributed by atoms with van der Waals surface area (Å²) in [4.78, 5) is 12.2. The van der Waals surface area contributed by atoms with Crippen LogP contribution < -0.4 is 5.32 Å². The summed E-state index contributed by atoms with van der Waals surface area (Å²) in [6.45, 7) is 2.97. The van der Waals surface area contributed by atoms with E-state index in [9.17, 15) is 4.79 Å². The quantitative estimate of drug-likeness (QED) is 0.904. The zero-order chi connectivity index (χ0) is 14.1. The summed E-state index contributed by atoms with van der Waals surface area (Å²) < 4.78 is 3.51. The van der Waals surface area contributed by atoms with Crippen molar-refractivity contribution < 1.29 is 4.79 Å². The van der Waals surface area contributed by atoms with E-state index in [1.54, 1.807) is 17.9 Å². The molecule has 0 aliphatic heterocycles. The number of aromatic nitrogens is 4. The average molecular weight is 273 g/mol. The SMILES string of the molecule is CCc1cc(C(=O)Nc2cnn(CC3CC3)c2)n(C)n1. The van der Waals surface area contributed by atoms with Gasteiger partial charge >= 0.3 is 0 Å². The maximum absolute atomic E-state index is 12.2. The molecule has 0 atom stereocenters. The highest BCUT2D eigenvalue weighted by Gasteiger charge is 2.22. The minimum atomic E-state index is -0.148. The van der Waals surface area contributed by atoms with Gasteiger partial charge in [-0.1, -0.05) is 6.92 Å². The molecule has 1 fully saturated rings. The lowest BCUT2D eigenvalue weighted by atomic mass is 10.3. The molecule has 0 unspecified atom stereocenters. The summed E-state index contributed by atoms with van der Waals surface area (Å²) in [6.07, 6.45) is 6.97. The van der Waals surface area contributed by atoms with Crippen LogP contribution in [0, 0.1) is 5.92 Å². The number of rotatable bonds is 5. The Labute approximate surface area is 117 Å². The molecule has 0 bridgehead atoms. The first kappa shape index (κ1) is 12.9. The number of amides is 1. The highest BCUT2D eigenvalue weighted by atomic mass is 16.2. The number of nitrogens with one attached hydrogen (secondary N) is 1. The van der Waals surface area contributed by atoms with E-state index in [-0.39, 0.29) is 5.91 Å². The van der Waals surface area contributed by atoms with E-state index in [4.69, 9.17) is 0 Å². The molecule has 2 aromatic rings. The number of aryl methyl sites for hydroxylation is 2. The fraction of sp³-hybridized carbons (Fsp3) is 0.500. The Morgan fingerprint density at radius 3 is 2.95 bits per heavy atom. The van der Waals surface area contributed by atoms with Crippen LogP contribution in [0.4, 0.5) is 5.69 Å². The summed E-state index contributed by atoms with van der Waals surface area (Å²) in [7, 11) is 1.78. The van der Waals surface area contributed by atoms with Crippen LogP contribution in [-0.2, 0) is 20.0 Å². The molecule has 0 aromatic carbocycles. The van der Waals surface area contributed by atoms with Crippen LogP contribution >= 0.6 is 0 Å². The molecule has 1 aliphatic carbocycles. The van der Waals surface area contributed by atoms with Crippen LogP contribution in [0.5, 0.6) is 0 Å². The molecule has 0 saturated heterocycles. The zero-order valence-corrected chi connectivity index (χ0v) is 11.8. The normalized spacial score (nSPS) is 14.5. The highest BCUT2D eigenvalue weighted by Crippen LogP contribution is 2.30. The molecule has 2 aromatic heterocycles. The topological polar surface area (TPSA) is 64.7 Å². The van der Waals surface area contributed by atoms with Gasteiger partial charge in [0, 0.05) is 19.8 Å². The van der Waals surface area contributed by atoms with Gasteiger partial charge in [0.15, 0.2) is 0 Å². The van der Waals surface area contributed by atoms with E-state index in [1.807, 2.05) is 23.9 Å². The minimum Gasteiger partial charge on any atom is -0.318 e. The molecule has 1 aliphatic rings. The van der Waals surface area contributed by atoms with Crippen molar-refractivity contribution in [2.45, 2.75) is 32.7 Å². The molecule has 20 heavy (non-hydrogen) atoms. The maximum atomic E-state index is 12.2. The van der Waals surface area contributed by atoms with Crippen LogP contribution in [0.3, 0.4) is 0 Å². The zero-order valence-electron chi connectivity index (χ0n) is 11.8. The number of carbonyl (C=O) groups is 1. The summed E-state index contributed by atoms with van der Waals surface area (Å²) in [5.74, 6) is 0.619. The van der Waals surface area contributed by atoms with Gasteiger partial charge in [0.2, 0.25) is 0 Å². The van der Waals surface area contributed by atoms with Crippen LogP contribution in [-0.4, -0.2) is 25.5 Å². The largest absolute Gasteiger partial charge is 0.318 e. The van der Waals surface area contributed by atoms with Crippen molar-refractivity contribution in [3.8, 4) is 0 Å². The van der Waals surface area contributed by atoms with Crippen LogP contribution in [0.1, 0.15) is 35.9 Å². The van der Waals surface area contributed by atoms with E-state index >= 15 is 0 Å². The van der Waals surface area contributed by atoms with Crippen molar-refractivity contribution in [1.82, 2.24) is 19.6 Å². The van der Waals surface area contributed by atoms with Gasteiger partial charge in [-0.3, -0.25) is 14.2 Å². The molecule has 0 spiro atoms. The van der Waals surface area contributed by atoms with Gasteiger partial charge in [-0.15, -0.1) is 0 Å². The van der Waals surface area contributed by atoms with Crippen molar-refractivity contribution in [2.75, 3.05) is 5.32 Å². The van der Waals surface area contributed by atoms with E-state index in [0.29, 0.717) is 5.69 Å². The Kier molecular flexibility index (Phi) is 3.30. The second-order valence-electron chi connectivity index (χ2n) is 5.35. The van der Waals surface area contributed by atoms with Gasteiger partial charge < -0.3 is 5.32 Å². The first-order valence-corrected chi connectivity index (χ1v) is 7.02. The lowest BCUT2D eigenvalue weighted by Gasteiger charge is -2.02. The lowest BCUT2D eigenvalue weighted by Crippen LogP contribution is -2.15. The molecular formula is C14H19N5O. The van der Waals surface area contributed by atoms with Gasteiger partial charge in [0.25, 0.3) is 5.91 Å². The summed E-state index contributed by atoms with van der Waals surface area (Å²) in [5, 5.41) is 11.4. The predicted molar refractivity (Wildman–Crippen MR) is 75.5 cm³/mol. The van der Waals surface area contributed by atoms with Gasteiger partial charge in [0.05, 0.1) is 17.6 Å². The molecule has 6 nitrogen and oxygen atoms in total. The number of anilines is 1. The number of carbonyl (C=O) groups excluding carboxylic acids is 1. The van der Waals surface area contributed by atoms with E-state index in [1.165, 1.54) is 12.8 Å². The Balaban J connectivity index is 1.67. The Morgan fingerprint density at radius 2 is 2.30 bits per heavy atom. The molecule has 6 heteroatoms. The Bertz CT molecular complexity index is 623. The van der Waals surface area contributed by atoms with E-state index in [2.05, 4.69) is 15.5 Å². The molecule has 3 rings (SSSR count). The highest BCUT2D eigenvalue weighted by molar-refractivity contribution is 6.02. The first-order chi connectivity index (χ1) is 9.65. The molecule has 1 saturated carbocycles. The Hall–Kier alpha value is -2.11. The second-order valence-corrected chi connectivity index (χ2v) is 5.35. The average Bonchev–Trinajstić information content (AvgIpc) is 2.98. The molecule has 1 N–H and O–H groups in total. The number of nitrogens with zero attached hydrogens (tertiary/aromatic N) is 4. The van der Waals surface area contributed by atoms with Gasteiger partial charge in [-0.2, -0.15) is 10.2 Å². The fourth-order valence-electron chi connectivity index (χ4n) is 2.20. The second kappa shape index (κ2) is 5.11. The first-order valence-electron chi connectivity index (χ1n) is 7.02. The lowest BCUT2D eigenvalue weighted by molar-refractivity contribution is 0.101. The third-order valence-electron chi connectivity index (χ3n) is 3.56. The van der Waals surface area contributed by atoms with E-state index < -0.39 is 0 Å². The minimum absolute atomic E-state index is 0.148.